The molecule has 2 N–H and O–H groups in total. The SMILES string of the molecule is CC(C)(C)c1ccc(C2(O)CC3CN(C(=O)Nc4cccc(Cl)c4)CC3C2)cc1. The van der Waals surface area contributed by atoms with Crippen LogP contribution in [0.4, 0.5) is 10.5 Å². The van der Waals surface area contributed by atoms with E-state index in [4.69, 9.17) is 11.6 Å². The third kappa shape index (κ3) is 4.15. The van der Waals surface area contributed by atoms with Gasteiger partial charge in [-0.05, 0) is 59.4 Å². The first kappa shape index (κ1) is 20.2. The number of rotatable bonds is 2. The van der Waals surface area contributed by atoms with E-state index in [1.165, 1.54) is 5.56 Å². The van der Waals surface area contributed by atoms with Crippen LogP contribution in [0.3, 0.4) is 0 Å². The largest absolute Gasteiger partial charge is 0.385 e. The first-order valence-corrected chi connectivity index (χ1v) is 10.7. The van der Waals surface area contributed by atoms with Crippen LogP contribution in [0.2, 0.25) is 5.02 Å². The topological polar surface area (TPSA) is 52.6 Å². The Morgan fingerprint density at radius 1 is 1.10 bits per heavy atom. The number of anilines is 1. The third-order valence-electron chi connectivity index (χ3n) is 6.43. The van der Waals surface area contributed by atoms with Crippen molar-refractivity contribution in [1.82, 2.24) is 4.90 Å². The quantitative estimate of drug-likeness (QED) is 0.693. The van der Waals surface area contributed by atoms with E-state index in [-0.39, 0.29) is 11.4 Å². The normalized spacial score (nSPS) is 26.4. The lowest BCUT2D eigenvalue weighted by Gasteiger charge is -2.28. The van der Waals surface area contributed by atoms with Crippen molar-refractivity contribution >= 4 is 23.3 Å². The van der Waals surface area contributed by atoms with Crippen molar-refractivity contribution in [3.8, 4) is 0 Å². The van der Waals surface area contributed by atoms with E-state index < -0.39 is 5.60 Å². The summed E-state index contributed by atoms with van der Waals surface area (Å²) in [7, 11) is 0. The van der Waals surface area contributed by atoms with E-state index in [1.807, 2.05) is 17.0 Å². The van der Waals surface area contributed by atoms with Gasteiger partial charge in [0.25, 0.3) is 0 Å². The number of nitrogens with zero attached hydrogens (tertiary/aromatic N) is 1. The van der Waals surface area contributed by atoms with Crippen LogP contribution in [-0.2, 0) is 11.0 Å². The summed E-state index contributed by atoms with van der Waals surface area (Å²) in [5.41, 5.74) is 2.28. The highest BCUT2D eigenvalue weighted by Gasteiger charge is 2.49. The highest BCUT2D eigenvalue weighted by atomic mass is 35.5. The molecule has 2 aliphatic rings. The van der Waals surface area contributed by atoms with Crippen LogP contribution in [0.1, 0.15) is 44.7 Å². The molecule has 1 aliphatic heterocycles. The van der Waals surface area contributed by atoms with Crippen LogP contribution < -0.4 is 5.32 Å². The Kier molecular flexibility index (Phi) is 5.12. The Bertz CT molecular complexity index is 890. The predicted octanol–water partition coefficient (Wildman–Crippen LogP) is 5.40. The Morgan fingerprint density at radius 3 is 2.28 bits per heavy atom. The van der Waals surface area contributed by atoms with Crippen LogP contribution >= 0.6 is 11.6 Å². The van der Waals surface area contributed by atoms with E-state index in [0.717, 1.165) is 5.56 Å². The molecular weight excluding hydrogens is 384 g/mol. The van der Waals surface area contributed by atoms with E-state index in [1.54, 1.807) is 12.1 Å². The molecule has 4 rings (SSSR count). The first-order valence-electron chi connectivity index (χ1n) is 10.3. The Hall–Kier alpha value is -2.04. The lowest BCUT2D eigenvalue weighted by Crippen LogP contribution is -2.35. The molecule has 0 bridgehead atoms. The molecule has 2 fully saturated rings. The molecule has 2 atom stereocenters. The lowest BCUT2D eigenvalue weighted by atomic mass is 9.84. The van der Waals surface area contributed by atoms with Gasteiger partial charge in [-0.15, -0.1) is 0 Å². The summed E-state index contributed by atoms with van der Waals surface area (Å²) in [5.74, 6) is 0.653. The van der Waals surface area contributed by atoms with Gasteiger partial charge >= 0.3 is 6.03 Å². The molecule has 0 radical (unpaired) electrons. The third-order valence-corrected chi connectivity index (χ3v) is 6.66. The molecule has 2 aromatic rings. The second kappa shape index (κ2) is 7.33. The number of hydrogen-bond acceptors (Lipinski definition) is 2. The average molecular weight is 413 g/mol. The van der Waals surface area contributed by atoms with Gasteiger partial charge in [-0.1, -0.05) is 62.7 Å². The van der Waals surface area contributed by atoms with Crippen molar-refractivity contribution in [2.75, 3.05) is 18.4 Å². The summed E-state index contributed by atoms with van der Waals surface area (Å²) in [6.07, 6.45) is 1.40. The lowest BCUT2D eigenvalue weighted by molar-refractivity contribution is 0.0328. The van der Waals surface area contributed by atoms with Crippen LogP contribution in [-0.4, -0.2) is 29.1 Å². The van der Waals surface area contributed by atoms with Crippen molar-refractivity contribution in [3.63, 3.8) is 0 Å². The zero-order valence-corrected chi connectivity index (χ0v) is 18.0. The van der Waals surface area contributed by atoms with Gasteiger partial charge in [0.15, 0.2) is 0 Å². The number of amides is 2. The number of carbonyl (C=O) groups excluding carboxylic acids is 1. The molecule has 2 unspecified atom stereocenters. The van der Waals surface area contributed by atoms with Crippen LogP contribution in [0, 0.1) is 11.8 Å². The van der Waals surface area contributed by atoms with Gasteiger partial charge < -0.3 is 15.3 Å². The molecule has 29 heavy (non-hydrogen) atoms. The molecule has 1 aliphatic carbocycles. The van der Waals surface area contributed by atoms with E-state index >= 15 is 0 Å². The maximum atomic E-state index is 12.6. The Labute approximate surface area is 177 Å². The summed E-state index contributed by atoms with van der Waals surface area (Å²) < 4.78 is 0. The summed E-state index contributed by atoms with van der Waals surface area (Å²) in [4.78, 5) is 14.5. The number of likely N-dealkylation sites (tertiary alicyclic amines) is 1. The first-order chi connectivity index (χ1) is 13.6. The number of hydrogen-bond donors (Lipinski definition) is 2. The van der Waals surface area contributed by atoms with Gasteiger partial charge in [0.1, 0.15) is 0 Å². The summed E-state index contributed by atoms with van der Waals surface area (Å²) in [6.45, 7) is 7.94. The molecule has 2 amide bonds. The number of fused-ring (bicyclic) bond motifs is 1. The van der Waals surface area contributed by atoms with E-state index in [2.05, 4.69) is 50.4 Å². The monoisotopic (exact) mass is 412 g/mol. The number of carbonyl (C=O) groups is 1. The van der Waals surface area contributed by atoms with Gasteiger partial charge in [0, 0.05) is 23.8 Å². The average Bonchev–Trinajstić information content (AvgIpc) is 3.17. The van der Waals surface area contributed by atoms with Gasteiger partial charge in [0.2, 0.25) is 0 Å². The second-order valence-corrected chi connectivity index (χ2v) is 10.1. The molecule has 4 nitrogen and oxygen atoms in total. The Morgan fingerprint density at radius 2 is 1.72 bits per heavy atom. The molecule has 1 heterocycles. The number of halogens is 1. The summed E-state index contributed by atoms with van der Waals surface area (Å²) in [6, 6.07) is 15.5. The fourth-order valence-corrected chi connectivity index (χ4v) is 4.99. The molecule has 1 saturated heterocycles. The number of benzene rings is 2. The fraction of sp³-hybridized carbons (Fsp3) is 0.458. The van der Waals surface area contributed by atoms with Crippen molar-refractivity contribution in [1.29, 1.82) is 0 Å². The van der Waals surface area contributed by atoms with Crippen molar-refractivity contribution in [2.45, 2.75) is 44.6 Å². The van der Waals surface area contributed by atoms with Crippen LogP contribution in [0.25, 0.3) is 0 Å². The van der Waals surface area contributed by atoms with Gasteiger partial charge in [-0.3, -0.25) is 0 Å². The van der Waals surface area contributed by atoms with Crippen molar-refractivity contribution < 1.29 is 9.90 Å². The highest BCUT2D eigenvalue weighted by Crippen LogP contribution is 2.49. The molecule has 2 aromatic carbocycles. The maximum Gasteiger partial charge on any atom is 0.321 e. The standard InChI is InChI=1S/C24H29ClN2O2/c1-23(2,3)18-7-9-19(10-8-18)24(29)12-16-14-27(15-17(16)13-24)22(28)26-21-6-4-5-20(25)11-21/h4-11,16-17,29H,12-15H2,1-3H3,(H,26,28). The zero-order chi connectivity index (χ0) is 20.8. The number of nitrogens with one attached hydrogen (secondary N) is 1. The zero-order valence-electron chi connectivity index (χ0n) is 17.3. The van der Waals surface area contributed by atoms with Crippen LogP contribution in [0.5, 0.6) is 0 Å². The fourth-order valence-electron chi connectivity index (χ4n) is 4.80. The highest BCUT2D eigenvalue weighted by molar-refractivity contribution is 6.30. The minimum Gasteiger partial charge on any atom is -0.385 e. The minimum absolute atomic E-state index is 0.0975. The molecule has 0 spiro atoms. The maximum absolute atomic E-state index is 12.6. The smallest absolute Gasteiger partial charge is 0.321 e. The number of urea groups is 1. The number of aliphatic hydroxyl groups is 1. The van der Waals surface area contributed by atoms with Gasteiger partial charge in [0.05, 0.1) is 5.60 Å². The summed E-state index contributed by atoms with van der Waals surface area (Å²) >= 11 is 6.00. The molecule has 154 valence electrons. The molecular formula is C24H29ClN2O2. The Balaban J connectivity index is 1.40. The van der Waals surface area contributed by atoms with E-state index in [0.29, 0.717) is 48.5 Å². The van der Waals surface area contributed by atoms with Crippen LogP contribution in [0.15, 0.2) is 48.5 Å². The van der Waals surface area contributed by atoms with Crippen molar-refractivity contribution in [3.05, 3.63) is 64.7 Å². The molecule has 1 saturated carbocycles. The minimum atomic E-state index is -0.790. The molecule has 0 aromatic heterocycles. The summed E-state index contributed by atoms with van der Waals surface area (Å²) in [5, 5.41) is 14.8. The van der Waals surface area contributed by atoms with Gasteiger partial charge in [-0.2, -0.15) is 0 Å². The van der Waals surface area contributed by atoms with E-state index in [9.17, 15) is 9.90 Å². The molecule has 5 heteroatoms. The van der Waals surface area contributed by atoms with Gasteiger partial charge in [-0.25, -0.2) is 4.79 Å². The predicted molar refractivity (Wildman–Crippen MR) is 117 cm³/mol. The van der Waals surface area contributed by atoms with Crippen molar-refractivity contribution in [2.24, 2.45) is 11.8 Å². The second-order valence-electron chi connectivity index (χ2n) is 9.63.